The van der Waals surface area contributed by atoms with Gasteiger partial charge in [-0.05, 0) is 17.5 Å². The van der Waals surface area contributed by atoms with Crippen LogP contribution < -0.4 is 22.1 Å². The number of rotatable bonds is 10. The molecule has 162 valence electrons. The van der Waals surface area contributed by atoms with E-state index in [9.17, 15) is 24.3 Å². The molecule has 2 rings (SSSR count). The van der Waals surface area contributed by atoms with Crippen molar-refractivity contribution in [2.75, 3.05) is 0 Å². The van der Waals surface area contributed by atoms with E-state index < -0.39 is 48.2 Å². The summed E-state index contributed by atoms with van der Waals surface area (Å²) in [5.74, 6) is -3.73. The van der Waals surface area contributed by atoms with Gasteiger partial charge in [0, 0.05) is 23.5 Å². The van der Waals surface area contributed by atoms with Crippen LogP contribution in [0.25, 0.3) is 10.9 Å². The van der Waals surface area contributed by atoms with E-state index in [2.05, 4.69) is 15.6 Å². The van der Waals surface area contributed by atoms with E-state index >= 15 is 0 Å². The quantitative estimate of drug-likeness (QED) is 0.306. The molecule has 2 aromatic rings. The molecule has 0 aliphatic rings. The molecule has 3 atom stereocenters. The zero-order valence-corrected chi connectivity index (χ0v) is 16.8. The van der Waals surface area contributed by atoms with Gasteiger partial charge in [0.05, 0.1) is 12.5 Å². The van der Waals surface area contributed by atoms with Gasteiger partial charge >= 0.3 is 5.97 Å². The molecule has 0 saturated carbocycles. The highest BCUT2D eigenvalue weighted by atomic mass is 16.4. The zero-order chi connectivity index (χ0) is 22.4. The van der Waals surface area contributed by atoms with Crippen LogP contribution in [0.2, 0.25) is 0 Å². The van der Waals surface area contributed by atoms with Crippen LogP contribution in [-0.2, 0) is 25.6 Å². The molecule has 8 N–H and O–H groups in total. The number of amides is 3. The van der Waals surface area contributed by atoms with Crippen molar-refractivity contribution in [3.8, 4) is 0 Å². The molecule has 10 heteroatoms. The number of H-pyrrole nitrogens is 1. The minimum Gasteiger partial charge on any atom is -0.480 e. The Kier molecular flexibility index (Phi) is 7.54. The van der Waals surface area contributed by atoms with Crippen LogP contribution in [0.1, 0.15) is 25.8 Å². The number of carbonyl (C=O) groups is 4. The largest absolute Gasteiger partial charge is 0.480 e. The van der Waals surface area contributed by atoms with Gasteiger partial charge in [0.1, 0.15) is 12.1 Å². The second kappa shape index (κ2) is 9.88. The number of carboxylic acids is 1. The summed E-state index contributed by atoms with van der Waals surface area (Å²) in [7, 11) is 0. The van der Waals surface area contributed by atoms with Crippen molar-refractivity contribution >= 4 is 34.6 Å². The zero-order valence-electron chi connectivity index (χ0n) is 16.8. The van der Waals surface area contributed by atoms with Gasteiger partial charge < -0.3 is 32.2 Å². The Morgan fingerprint density at radius 1 is 1.07 bits per heavy atom. The molecule has 0 aliphatic carbocycles. The lowest BCUT2D eigenvalue weighted by Gasteiger charge is -2.23. The fourth-order valence-corrected chi connectivity index (χ4v) is 2.97. The van der Waals surface area contributed by atoms with Crippen molar-refractivity contribution in [1.82, 2.24) is 15.6 Å². The predicted molar refractivity (Wildman–Crippen MR) is 110 cm³/mol. The highest BCUT2D eigenvalue weighted by molar-refractivity contribution is 5.95. The van der Waals surface area contributed by atoms with Crippen molar-refractivity contribution in [2.45, 2.75) is 44.8 Å². The maximum absolute atomic E-state index is 12.7. The van der Waals surface area contributed by atoms with Gasteiger partial charge in [-0.1, -0.05) is 32.0 Å². The van der Waals surface area contributed by atoms with Gasteiger partial charge in [-0.2, -0.15) is 0 Å². The fraction of sp³-hybridized carbons (Fsp3) is 0.400. The standard InChI is InChI=1S/C20H27N5O5/c1-10(2)17(22)19(28)24-14(8-16(21)26)18(27)25-15(20(29)30)7-11-9-23-13-6-4-3-5-12(11)13/h3-6,9-10,14-15,17,23H,7-8,22H2,1-2H3,(H2,21,26)(H,24,28)(H,25,27)(H,29,30)/t14-,15-,17-/m0/s1. The Balaban J connectivity index is 2.16. The van der Waals surface area contributed by atoms with Gasteiger partial charge in [0.2, 0.25) is 17.7 Å². The van der Waals surface area contributed by atoms with Gasteiger partial charge in [0.25, 0.3) is 0 Å². The van der Waals surface area contributed by atoms with Crippen LogP contribution in [0.4, 0.5) is 0 Å². The number of aromatic amines is 1. The third-order valence-electron chi connectivity index (χ3n) is 4.77. The van der Waals surface area contributed by atoms with Crippen LogP contribution in [0.5, 0.6) is 0 Å². The van der Waals surface area contributed by atoms with Crippen LogP contribution >= 0.6 is 0 Å². The lowest BCUT2D eigenvalue weighted by Crippen LogP contribution is -2.56. The smallest absolute Gasteiger partial charge is 0.326 e. The average molecular weight is 417 g/mol. The molecule has 10 nitrogen and oxygen atoms in total. The third-order valence-corrected chi connectivity index (χ3v) is 4.77. The number of hydrogen-bond donors (Lipinski definition) is 6. The fourth-order valence-electron chi connectivity index (χ4n) is 2.97. The second-order valence-corrected chi connectivity index (χ2v) is 7.46. The monoisotopic (exact) mass is 417 g/mol. The summed E-state index contributed by atoms with van der Waals surface area (Å²) in [6, 6.07) is 3.86. The van der Waals surface area contributed by atoms with E-state index in [0.29, 0.717) is 5.56 Å². The molecule has 1 heterocycles. The first-order chi connectivity index (χ1) is 14.1. The van der Waals surface area contributed by atoms with Crippen molar-refractivity contribution in [3.05, 3.63) is 36.0 Å². The van der Waals surface area contributed by atoms with Gasteiger partial charge in [-0.15, -0.1) is 0 Å². The number of nitrogens with one attached hydrogen (secondary N) is 3. The van der Waals surface area contributed by atoms with Gasteiger partial charge in [0.15, 0.2) is 0 Å². The van der Waals surface area contributed by atoms with Crippen LogP contribution in [0.15, 0.2) is 30.5 Å². The number of aliphatic carboxylic acids is 1. The molecule has 0 unspecified atom stereocenters. The number of carboxylic acid groups (broad SMARTS) is 1. The number of nitrogens with two attached hydrogens (primary N) is 2. The molecule has 0 radical (unpaired) electrons. The molecule has 1 aromatic heterocycles. The van der Waals surface area contributed by atoms with Crippen LogP contribution in [0, 0.1) is 5.92 Å². The number of fused-ring (bicyclic) bond motifs is 1. The van der Waals surface area contributed by atoms with Crippen molar-refractivity contribution in [3.63, 3.8) is 0 Å². The highest BCUT2D eigenvalue weighted by Gasteiger charge is 2.30. The molecule has 0 bridgehead atoms. The molecule has 1 aromatic carbocycles. The van der Waals surface area contributed by atoms with Gasteiger partial charge in [-0.25, -0.2) is 4.79 Å². The second-order valence-electron chi connectivity index (χ2n) is 7.46. The van der Waals surface area contributed by atoms with Crippen LogP contribution in [-0.4, -0.2) is 51.9 Å². The number of primary amides is 1. The molecule has 0 aliphatic heterocycles. The summed E-state index contributed by atoms with van der Waals surface area (Å²) in [6.45, 7) is 3.46. The minimum absolute atomic E-state index is 0.00777. The summed E-state index contributed by atoms with van der Waals surface area (Å²) in [5, 5.41) is 15.2. The maximum Gasteiger partial charge on any atom is 0.326 e. The summed E-state index contributed by atoms with van der Waals surface area (Å²) in [6.07, 6.45) is 1.20. The molecule has 0 spiro atoms. The van der Waals surface area contributed by atoms with E-state index in [4.69, 9.17) is 11.5 Å². The first-order valence-electron chi connectivity index (χ1n) is 9.52. The molecule has 0 saturated heterocycles. The average Bonchev–Trinajstić information content (AvgIpc) is 3.08. The Morgan fingerprint density at radius 2 is 1.70 bits per heavy atom. The summed E-state index contributed by atoms with van der Waals surface area (Å²) in [5.41, 5.74) is 12.5. The molecule has 3 amide bonds. The normalized spacial score (nSPS) is 14.1. The van der Waals surface area contributed by atoms with Crippen molar-refractivity contribution in [1.29, 1.82) is 0 Å². The molecule has 0 fully saturated rings. The van der Waals surface area contributed by atoms with E-state index in [1.165, 1.54) is 0 Å². The molecular weight excluding hydrogens is 390 g/mol. The highest BCUT2D eigenvalue weighted by Crippen LogP contribution is 2.19. The number of carbonyl (C=O) groups excluding carboxylic acids is 3. The lowest BCUT2D eigenvalue weighted by atomic mass is 10.0. The first-order valence-corrected chi connectivity index (χ1v) is 9.52. The Hall–Kier alpha value is -3.40. The van der Waals surface area contributed by atoms with Gasteiger partial charge in [-0.3, -0.25) is 14.4 Å². The Morgan fingerprint density at radius 3 is 2.30 bits per heavy atom. The number of para-hydroxylation sites is 1. The number of hydrogen-bond acceptors (Lipinski definition) is 5. The summed E-state index contributed by atoms with van der Waals surface area (Å²) in [4.78, 5) is 51.0. The SMILES string of the molecule is CC(C)[C@H](N)C(=O)N[C@@H](CC(N)=O)C(=O)N[C@@H](Cc1c[nH]c2ccccc12)C(=O)O. The number of benzene rings is 1. The van der Waals surface area contributed by atoms with Crippen molar-refractivity contribution < 1.29 is 24.3 Å². The van der Waals surface area contributed by atoms with E-state index in [-0.39, 0.29) is 12.3 Å². The Bertz CT molecular complexity index is 939. The molecular formula is C20H27N5O5. The Labute approximate surface area is 173 Å². The molecule has 30 heavy (non-hydrogen) atoms. The van der Waals surface area contributed by atoms with E-state index in [1.54, 1.807) is 20.0 Å². The third kappa shape index (κ3) is 5.80. The first kappa shape index (κ1) is 22.9. The topological polar surface area (TPSA) is 180 Å². The minimum atomic E-state index is -1.33. The predicted octanol–water partition coefficient (Wildman–Crippen LogP) is -0.377. The van der Waals surface area contributed by atoms with E-state index in [1.807, 2.05) is 24.3 Å². The number of aromatic nitrogens is 1. The maximum atomic E-state index is 12.7. The van der Waals surface area contributed by atoms with Crippen LogP contribution in [0.3, 0.4) is 0 Å². The summed E-state index contributed by atoms with van der Waals surface area (Å²) >= 11 is 0. The van der Waals surface area contributed by atoms with Crippen molar-refractivity contribution in [2.24, 2.45) is 17.4 Å². The lowest BCUT2D eigenvalue weighted by molar-refractivity contribution is -0.142. The van der Waals surface area contributed by atoms with E-state index in [0.717, 1.165) is 10.9 Å². The summed E-state index contributed by atoms with van der Waals surface area (Å²) < 4.78 is 0.